The first-order valence-corrected chi connectivity index (χ1v) is 15.7. The van der Waals surface area contributed by atoms with Crippen molar-refractivity contribution in [2.75, 3.05) is 19.7 Å². The molecule has 2 saturated heterocycles. The van der Waals surface area contributed by atoms with Crippen molar-refractivity contribution in [3.63, 3.8) is 0 Å². The van der Waals surface area contributed by atoms with E-state index in [-0.39, 0.29) is 25.4 Å². The van der Waals surface area contributed by atoms with Crippen LogP contribution in [0.15, 0.2) is 0 Å². The second-order valence-electron chi connectivity index (χ2n) is 13.5. The second kappa shape index (κ2) is 14.3. The molecule has 3 saturated carbocycles. The number of carbonyl (C=O) groups excluding carboxylic acids is 1. The highest BCUT2D eigenvalue weighted by molar-refractivity contribution is 5.89. The topological polar surface area (TPSA) is 344 Å². The number of rotatable bonds is 11. The molecular formula is C27H50N6O13. The van der Waals surface area contributed by atoms with E-state index in [2.05, 4.69) is 10.6 Å². The van der Waals surface area contributed by atoms with E-state index in [1.165, 1.54) is 0 Å². The highest BCUT2D eigenvalue weighted by Gasteiger charge is 2.59. The summed E-state index contributed by atoms with van der Waals surface area (Å²) in [5.74, 6) is -0.474. The fraction of sp³-hybridized carbons (Fsp3) is 0.963. The third-order valence-corrected chi connectivity index (χ3v) is 9.95. The van der Waals surface area contributed by atoms with Crippen LogP contribution in [-0.4, -0.2) is 176 Å². The fourth-order valence-electron chi connectivity index (χ4n) is 6.69. The van der Waals surface area contributed by atoms with Crippen LogP contribution >= 0.6 is 0 Å². The van der Waals surface area contributed by atoms with Gasteiger partial charge in [-0.05, 0) is 31.7 Å². The van der Waals surface area contributed by atoms with Crippen molar-refractivity contribution in [3.05, 3.63) is 0 Å². The molecule has 5 fully saturated rings. The molecule has 1 amide bonds. The second-order valence-corrected chi connectivity index (χ2v) is 13.5. The molecule has 2 aliphatic heterocycles. The van der Waals surface area contributed by atoms with Gasteiger partial charge in [-0.2, -0.15) is 0 Å². The van der Waals surface area contributed by atoms with Crippen molar-refractivity contribution in [1.82, 2.24) is 10.6 Å². The summed E-state index contributed by atoms with van der Waals surface area (Å²) in [5, 5.41) is 90.2. The van der Waals surface area contributed by atoms with Crippen molar-refractivity contribution >= 4 is 5.91 Å². The van der Waals surface area contributed by atoms with Gasteiger partial charge in [0.25, 0.3) is 5.91 Å². The van der Waals surface area contributed by atoms with Gasteiger partial charge >= 0.3 is 0 Å². The summed E-state index contributed by atoms with van der Waals surface area (Å²) >= 11 is 0. The molecule has 0 aromatic carbocycles. The van der Waals surface area contributed by atoms with Crippen LogP contribution < -0.4 is 33.6 Å². The summed E-state index contributed by atoms with van der Waals surface area (Å²) in [7, 11) is 0. The number of hydrogen-bond donors (Lipinski definition) is 14. The van der Waals surface area contributed by atoms with E-state index in [4.69, 9.17) is 41.9 Å². The number of amides is 1. The summed E-state index contributed by atoms with van der Waals surface area (Å²) in [6.45, 7) is 0.0388. The number of nitrogens with two attached hydrogens (primary N) is 4. The molecule has 19 heteroatoms. The molecule has 0 bridgehead atoms. The highest BCUT2D eigenvalue weighted by Crippen LogP contribution is 2.36. The quantitative estimate of drug-likeness (QED) is 0.0973. The fourth-order valence-corrected chi connectivity index (χ4v) is 6.69. The molecule has 0 spiro atoms. The van der Waals surface area contributed by atoms with Gasteiger partial charge < -0.3 is 93.4 Å². The molecule has 5 aliphatic rings. The van der Waals surface area contributed by atoms with Crippen LogP contribution in [0.1, 0.15) is 25.7 Å². The largest absolute Gasteiger partial charge is 0.394 e. The van der Waals surface area contributed by atoms with Gasteiger partial charge in [0, 0.05) is 31.1 Å². The molecule has 0 aromatic heterocycles. The van der Waals surface area contributed by atoms with Gasteiger partial charge in [-0.25, -0.2) is 0 Å². The van der Waals surface area contributed by atoms with Crippen LogP contribution in [0, 0.1) is 5.92 Å². The summed E-state index contributed by atoms with van der Waals surface area (Å²) in [5.41, 5.74) is 22.0. The van der Waals surface area contributed by atoms with Gasteiger partial charge in [-0.1, -0.05) is 0 Å². The average Bonchev–Trinajstić information content (AvgIpc) is 3.63. The van der Waals surface area contributed by atoms with Crippen molar-refractivity contribution < 1.29 is 64.6 Å². The van der Waals surface area contributed by atoms with Crippen LogP contribution in [-0.2, 0) is 23.7 Å². The molecule has 266 valence electrons. The number of hydrogen-bond acceptors (Lipinski definition) is 18. The van der Waals surface area contributed by atoms with E-state index < -0.39 is 116 Å². The van der Waals surface area contributed by atoms with Gasteiger partial charge in [0.2, 0.25) is 0 Å². The van der Waals surface area contributed by atoms with Gasteiger partial charge in [0.1, 0.15) is 61.0 Å². The molecule has 2 heterocycles. The molecule has 5 rings (SSSR count). The first-order chi connectivity index (χ1) is 21.7. The first kappa shape index (κ1) is 36.1. The van der Waals surface area contributed by atoms with E-state index in [0.29, 0.717) is 12.5 Å². The van der Waals surface area contributed by atoms with Gasteiger partial charge in [0.15, 0.2) is 18.2 Å². The minimum atomic E-state index is -1.84. The van der Waals surface area contributed by atoms with Crippen molar-refractivity contribution in [3.8, 4) is 0 Å². The minimum absolute atomic E-state index is 0.00208. The van der Waals surface area contributed by atoms with Crippen molar-refractivity contribution in [2.45, 2.75) is 135 Å². The van der Waals surface area contributed by atoms with E-state index in [0.717, 1.165) is 12.8 Å². The Labute approximate surface area is 265 Å². The Bertz CT molecular complexity index is 1050. The molecular weight excluding hydrogens is 616 g/mol. The van der Waals surface area contributed by atoms with Gasteiger partial charge in [0.05, 0.1) is 18.7 Å². The number of aliphatic hydroxyl groups excluding tert-OH is 7. The van der Waals surface area contributed by atoms with Gasteiger partial charge in [-0.3, -0.25) is 4.79 Å². The lowest BCUT2D eigenvalue weighted by Gasteiger charge is -2.49. The number of carbonyl (C=O) groups is 1. The number of nitrogens with one attached hydrogen (secondary N) is 2. The number of ether oxygens (including phenoxy) is 4. The summed E-state index contributed by atoms with van der Waals surface area (Å²) in [6.07, 6.45) is -16.3. The normalized spacial score (nSPS) is 52.5. The van der Waals surface area contributed by atoms with Gasteiger partial charge in [-0.15, -0.1) is 0 Å². The summed E-state index contributed by atoms with van der Waals surface area (Å²) in [4.78, 5) is 12.9. The highest BCUT2D eigenvalue weighted by atomic mass is 16.7. The van der Waals surface area contributed by atoms with E-state index in [1.54, 1.807) is 0 Å². The Balaban J connectivity index is 1.30. The smallest absolute Gasteiger partial charge is 0.253 e. The van der Waals surface area contributed by atoms with Crippen LogP contribution in [0.5, 0.6) is 0 Å². The Morgan fingerprint density at radius 1 is 0.783 bits per heavy atom. The molecule has 0 radical (unpaired) electrons. The van der Waals surface area contributed by atoms with Crippen molar-refractivity contribution in [1.29, 1.82) is 0 Å². The molecule has 46 heavy (non-hydrogen) atoms. The predicted molar refractivity (Wildman–Crippen MR) is 154 cm³/mol. The van der Waals surface area contributed by atoms with Crippen LogP contribution in [0.2, 0.25) is 0 Å². The Morgan fingerprint density at radius 3 is 2.00 bits per heavy atom. The average molecular weight is 667 g/mol. The Morgan fingerprint density at radius 2 is 1.39 bits per heavy atom. The Kier molecular flexibility index (Phi) is 11.2. The minimum Gasteiger partial charge on any atom is -0.394 e. The lowest BCUT2D eigenvalue weighted by atomic mass is 9.81. The molecule has 3 unspecified atom stereocenters. The summed E-state index contributed by atoms with van der Waals surface area (Å²) in [6, 6.07) is -4.11. The molecule has 17 atom stereocenters. The van der Waals surface area contributed by atoms with Crippen LogP contribution in [0.4, 0.5) is 0 Å². The zero-order valence-electron chi connectivity index (χ0n) is 25.3. The zero-order valence-corrected chi connectivity index (χ0v) is 25.3. The molecule has 19 nitrogen and oxygen atoms in total. The third kappa shape index (κ3) is 7.21. The SMILES string of the molecule is NC1CC(CNC[C@H]2O[C@H](OC3[C@@H](N)C[C@@H](NC(=O)C4(O)CC4N)[C@H](O[C@H]4O[C@H](CO)[C@@H](O)[C@H](N)[C@H]4O)[C@H]3O)[C@H](O)[C@@H](O)[C@@H]2O)C1. The standard InChI is InChI=1S/C27H50N6O13/c28-9-1-8(2-9)5-32-6-12-17(36)19(38)20(39)25(43-12)45-22-10(29)3-11(33-26(41)27(42)4-14(27)30)23(21(22)40)46-24-18(37)15(31)16(35)13(7-34)44-24/h8-25,32,34-40,42H,1-7,28-31H2,(H,33,41)/t8?,9?,10-,11+,12+,13+,14?,15-,16+,17+,18+,19-,20+,21-,22?,23-,24+,25+,27?/m0/s1. The third-order valence-electron chi connectivity index (χ3n) is 9.95. The van der Waals surface area contributed by atoms with Crippen LogP contribution in [0.3, 0.4) is 0 Å². The lowest BCUT2D eigenvalue weighted by molar-refractivity contribution is -0.333. The van der Waals surface area contributed by atoms with E-state index in [9.17, 15) is 45.6 Å². The Hall–Kier alpha value is -1.21. The molecule has 0 aromatic rings. The monoisotopic (exact) mass is 666 g/mol. The maximum atomic E-state index is 12.9. The molecule has 3 aliphatic carbocycles. The number of aliphatic hydroxyl groups is 8. The molecule has 18 N–H and O–H groups in total. The predicted octanol–water partition coefficient (Wildman–Crippen LogP) is -8.30. The lowest BCUT2D eigenvalue weighted by Crippen LogP contribution is -2.69. The van der Waals surface area contributed by atoms with E-state index in [1.807, 2.05) is 0 Å². The van der Waals surface area contributed by atoms with Crippen molar-refractivity contribution in [2.24, 2.45) is 28.9 Å². The van der Waals surface area contributed by atoms with E-state index >= 15 is 0 Å². The zero-order chi connectivity index (χ0) is 33.7. The van der Waals surface area contributed by atoms with Crippen LogP contribution in [0.25, 0.3) is 0 Å². The first-order valence-electron chi connectivity index (χ1n) is 15.7. The maximum Gasteiger partial charge on any atom is 0.253 e. The summed E-state index contributed by atoms with van der Waals surface area (Å²) < 4.78 is 23.2. The maximum absolute atomic E-state index is 12.9.